The quantitative estimate of drug-likeness (QED) is 0.0862. The van der Waals surface area contributed by atoms with E-state index in [4.69, 9.17) is 24.4 Å². The molecule has 296 valence electrons. The number of H-pyrrole nitrogens is 2. The molecule has 5 atom stereocenters. The molecule has 0 bridgehead atoms. The van der Waals surface area contributed by atoms with Gasteiger partial charge in [-0.25, -0.2) is 24.7 Å². The van der Waals surface area contributed by atoms with Crippen molar-refractivity contribution in [3.05, 3.63) is 60.4 Å². The molecule has 2 aliphatic rings. The van der Waals surface area contributed by atoms with Crippen molar-refractivity contribution >= 4 is 40.0 Å². The Bertz CT molecular complexity index is 2220. The van der Waals surface area contributed by atoms with Crippen molar-refractivity contribution in [2.45, 2.75) is 84.0 Å². The Kier molecular flexibility index (Phi) is 11.3. The van der Waals surface area contributed by atoms with Crippen LogP contribution in [0.2, 0.25) is 0 Å². The third kappa shape index (κ3) is 7.81. The first kappa shape index (κ1) is 38.8. The van der Waals surface area contributed by atoms with Gasteiger partial charge in [-0.3, -0.25) is 14.9 Å². The lowest BCUT2D eigenvalue weighted by atomic mass is 10.0. The maximum atomic E-state index is 13.6. The van der Waals surface area contributed by atoms with Gasteiger partial charge in [0, 0.05) is 31.3 Å². The van der Waals surface area contributed by atoms with Gasteiger partial charge in [0.25, 0.3) is 0 Å². The van der Waals surface area contributed by atoms with Crippen molar-refractivity contribution in [1.82, 2.24) is 50.3 Å². The molecule has 7 rings (SSSR count). The van der Waals surface area contributed by atoms with Crippen LogP contribution in [0, 0.1) is 11.8 Å². The van der Waals surface area contributed by atoms with Crippen LogP contribution in [0.3, 0.4) is 0 Å². The van der Waals surface area contributed by atoms with E-state index in [1.54, 1.807) is 17.3 Å². The first-order valence-corrected chi connectivity index (χ1v) is 19.2. The van der Waals surface area contributed by atoms with E-state index in [9.17, 15) is 19.5 Å². The van der Waals surface area contributed by atoms with Crippen LogP contribution >= 0.6 is 0 Å². The van der Waals surface area contributed by atoms with Crippen molar-refractivity contribution in [2.24, 2.45) is 11.8 Å². The van der Waals surface area contributed by atoms with E-state index < -0.39 is 24.6 Å². The summed E-state index contributed by atoms with van der Waals surface area (Å²) in [6.07, 6.45) is 4.90. The number of benzene rings is 2. The largest absolute Gasteiger partial charge is 0.453 e. The molecule has 2 aromatic carbocycles. The van der Waals surface area contributed by atoms with Crippen molar-refractivity contribution in [3.63, 3.8) is 0 Å². The van der Waals surface area contributed by atoms with Crippen molar-refractivity contribution < 1.29 is 29.0 Å². The van der Waals surface area contributed by atoms with Crippen LogP contribution in [0.25, 0.3) is 44.6 Å². The zero-order chi connectivity index (χ0) is 39.7. The number of likely N-dealkylation sites (tertiary alicyclic amines) is 2. The van der Waals surface area contributed by atoms with Gasteiger partial charge in [0.15, 0.2) is 0 Å². The minimum atomic E-state index is -1.24. The Morgan fingerprint density at radius 2 is 1.23 bits per heavy atom. The van der Waals surface area contributed by atoms with Gasteiger partial charge in [0.1, 0.15) is 17.7 Å². The fourth-order valence-electron chi connectivity index (χ4n) is 7.77. The second-order valence-corrected chi connectivity index (χ2v) is 15.2. The third-order valence-corrected chi connectivity index (χ3v) is 10.8. The van der Waals surface area contributed by atoms with Gasteiger partial charge in [0.05, 0.1) is 71.1 Å². The molecule has 16 nitrogen and oxygen atoms in total. The van der Waals surface area contributed by atoms with E-state index >= 15 is 0 Å². The lowest BCUT2D eigenvalue weighted by molar-refractivity contribution is -0.145. The number of hydrogen-bond donors (Lipinski definition) is 5. The van der Waals surface area contributed by atoms with E-state index in [-0.39, 0.29) is 35.7 Å². The molecule has 3 aromatic heterocycles. The number of nitrogens with zero attached hydrogens (tertiary/aromatic N) is 6. The number of aromatic nitrogens is 6. The van der Waals surface area contributed by atoms with Gasteiger partial charge in [0.2, 0.25) is 18.2 Å². The van der Waals surface area contributed by atoms with E-state index in [1.807, 2.05) is 69.0 Å². The molecular formula is C40H50N10O6. The molecule has 0 saturated carbocycles. The molecule has 56 heavy (non-hydrogen) atoms. The second kappa shape index (κ2) is 16.3. The fraction of sp³-hybridized carbons (Fsp3) is 0.475. The highest BCUT2D eigenvalue weighted by molar-refractivity contribution is 5.90. The minimum absolute atomic E-state index is 0.0603. The number of methoxy groups -OCH3 is 2. The molecule has 3 amide bonds. The molecule has 2 aliphatic heterocycles. The van der Waals surface area contributed by atoms with Gasteiger partial charge < -0.3 is 39.7 Å². The van der Waals surface area contributed by atoms with Crippen LogP contribution < -0.4 is 10.6 Å². The summed E-state index contributed by atoms with van der Waals surface area (Å²) >= 11 is 0. The third-order valence-electron chi connectivity index (χ3n) is 10.8. The van der Waals surface area contributed by atoms with Gasteiger partial charge in [-0.1, -0.05) is 39.8 Å². The molecular weight excluding hydrogens is 717 g/mol. The summed E-state index contributed by atoms with van der Waals surface area (Å²) in [5.41, 5.74) is 6.33. The smallest absolute Gasteiger partial charge is 0.407 e. The molecule has 16 heteroatoms. The number of imidazole rings is 2. The Labute approximate surface area is 324 Å². The Hall–Kier alpha value is -5.45. The standard InChI is InChI=1S/C40H50N10O6/c1-21(2)33(47-39(53)55-5)37(51)49-15-7-9-31(49)35-41-19-29(45-35)23-11-13-25-27(17-23)43-26-14-12-24(18-28(26)44-25)30-20-42-36(46-30)32-10-8-16-50(32)38(52)34(22(3)4)48-40(54)56-6/h11-14,17-22,31-34,39,47,53H,7-10,15-16H2,1-6H3,(H,41,45)(H,42,46)(H,48,54). The predicted molar refractivity (Wildman–Crippen MR) is 209 cm³/mol. The average molecular weight is 767 g/mol. The van der Waals surface area contributed by atoms with E-state index in [2.05, 4.69) is 25.6 Å². The Morgan fingerprint density at radius 3 is 1.68 bits per heavy atom. The topological polar surface area (TPSA) is 204 Å². The summed E-state index contributed by atoms with van der Waals surface area (Å²) in [5, 5.41) is 15.6. The van der Waals surface area contributed by atoms with Crippen molar-refractivity contribution in [1.29, 1.82) is 0 Å². The van der Waals surface area contributed by atoms with Crippen LogP contribution in [-0.4, -0.2) is 109 Å². The van der Waals surface area contributed by atoms with Crippen LogP contribution in [0.15, 0.2) is 48.8 Å². The lowest BCUT2D eigenvalue weighted by Gasteiger charge is -2.31. The van der Waals surface area contributed by atoms with Crippen molar-refractivity contribution in [2.75, 3.05) is 27.3 Å². The number of aromatic amines is 2. The average Bonchev–Trinajstić information content (AvgIpc) is 4.03. The molecule has 5 heterocycles. The number of ether oxygens (including phenoxy) is 2. The first-order valence-electron chi connectivity index (χ1n) is 19.2. The first-order chi connectivity index (χ1) is 26.9. The normalized spacial score (nSPS) is 18.9. The molecule has 2 saturated heterocycles. The molecule has 0 radical (unpaired) electrons. The molecule has 5 N–H and O–H groups in total. The Morgan fingerprint density at radius 1 is 0.750 bits per heavy atom. The summed E-state index contributed by atoms with van der Waals surface area (Å²) in [4.78, 5) is 69.0. The number of fused-ring (bicyclic) bond motifs is 2. The SMILES string of the molecule is COC(=O)NC(C(=O)N1CCCC1c1ncc(-c2ccc3nc4cc(-c5cnc(C6CCCN6C(=O)C(NC(O)OC)C(C)C)[nH]5)ccc4nc3c2)[nH]1)C(C)C. The highest BCUT2D eigenvalue weighted by atomic mass is 16.6. The number of alkyl carbamates (subject to hydrolysis) is 1. The molecule has 5 unspecified atom stereocenters. The highest BCUT2D eigenvalue weighted by Crippen LogP contribution is 2.35. The predicted octanol–water partition coefficient (Wildman–Crippen LogP) is 4.81. The van der Waals surface area contributed by atoms with Gasteiger partial charge in [-0.05, 0) is 61.8 Å². The second-order valence-electron chi connectivity index (χ2n) is 15.2. The molecule has 2 fully saturated rings. The fourth-order valence-corrected chi connectivity index (χ4v) is 7.77. The minimum Gasteiger partial charge on any atom is -0.453 e. The van der Waals surface area contributed by atoms with E-state index in [1.165, 1.54) is 14.2 Å². The highest BCUT2D eigenvalue weighted by Gasteiger charge is 2.39. The number of hydrogen-bond acceptors (Lipinski definition) is 11. The maximum Gasteiger partial charge on any atom is 0.407 e. The van der Waals surface area contributed by atoms with Gasteiger partial charge in [-0.15, -0.1) is 0 Å². The summed E-state index contributed by atoms with van der Waals surface area (Å²) < 4.78 is 9.71. The van der Waals surface area contributed by atoms with E-state index in [0.717, 1.165) is 70.3 Å². The Balaban J connectivity index is 1.08. The number of aliphatic hydroxyl groups excluding tert-OH is 1. The van der Waals surface area contributed by atoms with Crippen LogP contribution in [0.5, 0.6) is 0 Å². The lowest BCUT2D eigenvalue weighted by Crippen LogP contribution is -2.52. The summed E-state index contributed by atoms with van der Waals surface area (Å²) in [7, 11) is 2.67. The number of carbonyl (C=O) groups excluding carboxylic acids is 3. The number of amides is 3. The zero-order valence-electron chi connectivity index (χ0n) is 32.6. The van der Waals surface area contributed by atoms with Crippen LogP contribution in [-0.2, 0) is 19.1 Å². The summed E-state index contributed by atoms with van der Waals surface area (Å²) in [6.45, 7) is 8.83. The molecule has 0 aliphatic carbocycles. The number of carbonyl (C=O) groups is 3. The maximum absolute atomic E-state index is 13.6. The number of rotatable bonds is 12. The van der Waals surface area contributed by atoms with Gasteiger partial charge >= 0.3 is 6.09 Å². The molecule has 5 aromatic rings. The van der Waals surface area contributed by atoms with Crippen LogP contribution in [0.4, 0.5) is 4.79 Å². The van der Waals surface area contributed by atoms with Gasteiger partial charge in [-0.2, -0.15) is 0 Å². The summed E-state index contributed by atoms with van der Waals surface area (Å²) in [5.74, 6) is 0.968. The zero-order valence-corrected chi connectivity index (χ0v) is 32.6. The monoisotopic (exact) mass is 766 g/mol. The molecule has 0 spiro atoms. The summed E-state index contributed by atoms with van der Waals surface area (Å²) in [6, 6.07) is 10.0. The van der Waals surface area contributed by atoms with E-state index in [0.29, 0.717) is 24.7 Å². The van der Waals surface area contributed by atoms with Crippen LogP contribution in [0.1, 0.15) is 77.1 Å². The van der Waals surface area contributed by atoms with Crippen molar-refractivity contribution in [3.8, 4) is 22.5 Å². The number of nitrogens with one attached hydrogen (secondary N) is 4. The number of aliphatic hydroxyl groups is 1.